The molecule has 1 aliphatic heterocycles. The zero-order chi connectivity index (χ0) is 11.1. The monoisotopic (exact) mass is 220 g/mol. The van der Waals surface area contributed by atoms with Crippen LogP contribution in [0.1, 0.15) is 11.5 Å². The summed E-state index contributed by atoms with van der Waals surface area (Å²) in [4.78, 5) is 0. The Morgan fingerprint density at radius 1 is 1.19 bits per heavy atom. The minimum atomic E-state index is -0.00268. The zero-order valence-corrected chi connectivity index (χ0v) is 9.55. The summed E-state index contributed by atoms with van der Waals surface area (Å²) < 4.78 is 16.0. The van der Waals surface area contributed by atoms with Crippen LogP contribution in [0.4, 0.5) is 0 Å². The van der Waals surface area contributed by atoms with Gasteiger partial charge in [0.2, 0.25) is 0 Å². The maximum Gasteiger partial charge on any atom is 0.160 e. The molecule has 3 heteroatoms. The first-order valence-corrected chi connectivity index (χ1v) is 5.63. The van der Waals surface area contributed by atoms with Gasteiger partial charge in [-0.3, -0.25) is 0 Å². The fourth-order valence-corrected chi connectivity index (χ4v) is 2.82. The second-order valence-corrected chi connectivity index (χ2v) is 4.48. The lowest BCUT2D eigenvalue weighted by Gasteiger charge is -2.13. The van der Waals surface area contributed by atoms with Gasteiger partial charge in [-0.2, -0.15) is 0 Å². The largest absolute Gasteiger partial charge is 0.497 e. The highest BCUT2D eigenvalue weighted by molar-refractivity contribution is 5.35. The van der Waals surface area contributed by atoms with E-state index in [1.54, 1.807) is 14.2 Å². The number of hydrogen-bond donors (Lipinski definition) is 0. The highest BCUT2D eigenvalue weighted by Crippen LogP contribution is 2.60. The van der Waals surface area contributed by atoms with Gasteiger partial charge in [-0.25, -0.2) is 0 Å². The summed E-state index contributed by atoms with van der Waals surface area (Å²) in [5.74, 6) is 2.73. The van der Waals surface area contributed by atoms with Crippen LogP contribution in [0.15, 0.2) is 24.3 Å². The van der Waals surface area contributed by atoms with Crippen molar-refractivity contribution >= 4 is 0 Å². The van der Waals surface area contributed by atoms with Crippen LogP contribution >= 0.6 is 0 Å². The second kappa shape index (κ2) is 3.75. The third-order valence-electron chi connectivity index (χ3n) is 3.73. The van der Waals surface area contributed by atoms with Crippen molar-refractivity contribution in [1.29, 1.82) is 0 Å². The van der Waals surface area contributed by atoms with Crippen molar-refractivity contribution in [2.75, 3.05) is 20.8 Å². The molecule has 3 nitrogen and oxygen atoms in total. The number of ether oxygens (including phenoxy) is 3. The third kappa shape index (κ3) is 1.43. The van der Waals surface area contributed by atoms with E-state index < -0.39 is 0 Å². The third-order valence-corrected chi connectivity index (χ3v) is 3.73. The molecule has 1 saturated carbocycles. The van der Waals surface area contributed by atoms with Crippen LogP contribution in [-0.2, 0) is 9.47 Å². The van der Waals surface area contributed by atoms with Crippen molar-refractivity contribution in [3.8, 4) is 5.75 Å². The lowest BCUT2D eigenvalue weighted by atomic mass is 10.1. The molecule has 0 N–H and O–H groups in total. The van der Waals surface area contributed by atoms with Gasteiger partial charge in [-0.15, -0.1) is 0 Å². The Morgan fingerprint density at radius 3 is 2.56 bits per heavy atom. The Balaban J connectivity index is 1.75. The first kappa shape index (κ1) is 10.1. The minimum absolute atomic E-state index is 0.00268. The van der Waals surface area contributed by atoms with Gasteiger partial charge in [0.05, 0.1) is 13.7 Å². The van der Waals surface area contributed by atoms with E-state index in [-0.39, 0.29) is 6.29 Å². The standard InChI is InChI=1S/C13H16O3/c1-14-9-5-3-8(4-6-9)11-10-7-16-13(15-2)12(10)11/h3-6,10-13H,7H2,1-2H3/t10-,11+,12-,13+/m0/s1. The SMILES string of the molecule is COc1ccc([C@@H]2[C@@H]3CO[C@@H](OC)[C@@H]32)cc1. The lowest BCUT2D eigenvalue weighted by molar-refractivity contribution is -0.111. The molecule has 16 heavy (non-hydrogen) atoms. The smallest absolute Gasteiger partial charge is 0.160 e. The Bertz CT molecular complexity index is 373. The van der Waals surface area contributed by atoms with E-state index in [2.05, 4.69) is 12.1 Å². The molecular weight excluding hydrogens is 204 g/mol. The van der Waals surface area contributed by atoms with Crippen LogP contribution in [0.25, 0.3) is 0 Å². The van der Waals surface area contributed by atoms with Crippen molar-refractivity contribution in [2.24, 2.45) is 11.8 Å². The molecule has 0 aromatic heterocycles. The van der Waals surface area contributed by atoms with Gasteiger partial charge in [-0.05, 0) is 29.5 Å². The molecule has 0 unspecified atom stereocenters. The van der Waals surface area contributed by atoms with Crippen LogP contribution in [0.3, 0.4) is 0 Å². The molecule has 1 aromatic carbocycles. The maximum atomic E-state index is 5.51. The Kier molecular flexibility index (Phi) is 2.37. The summed E-state index contributed by atoms with van der Waals surface area (Å²) >= 11 is 0. The molecule has 1 aliphatic carbocycles. The normalized spacial score (nSPS) is 35.9. The Labute approximate surface area is 95.3 Å². The van der Waals surface area contributed by atoms with Gasteiger partial charge in [0, 0.05) is 13.0 Å². The van der Waals surface area contributed by atoms with E-state index in [1.807, 2.05) is 12.1 Å². The van der Waals surface area contributed by atoms with Crippen molar-refractivity contribution in [3.05, 3.63) is 29.8 Å². The van der Waals surface area contributed by atoms with Gasteiger partial charge in [0.25, 0.3) is 0 Å². The molecule has 0 radical (unpaired) electrons. The summed E-state index contributed by atoms with van der Waals surface area (Å²) in [6.07, 6.45) is -0.00268. The molecule has 3 rings (SSSR count). The lowest BCUT2D eigenvalue weighted by Crippen LogP contribution is -2.14. The molecule has 1 aromatic rings. The first-order valence-electron chi connectivity index (χ1n) is 5.63. The van der Waals surface area contributed by atoms with Gasteiger partial charge >= 0.3 is 0 Å². The number of fused-ring (bicyclic) bond motifs is 1. The fourth-order valence-electron chi connectivity index (χ4n) is 2.82. The number of methoxy groups -OCH3 is 2. The average Bonchev–Trinajstić information content (AvgIpc) is 2.91. The van der Waals surface area contributed by atoms with Crippen molar-refractivity contribution < 1.29 is 14.2 Å². The molecule has 2 aliphatic rings. The van der Waals surface area contributed by atoms with E-state index in [1.165, 1.54) is 5.56 Å². The molecule has 0 amide bonds. The fraction of sp³-hybridized carbons (Fsp3) is 0.538. The predicted octanol–water partition coefficient (Wildman–Crippen LogP) is 2.03. The molecule has 1 saturated heterocycles. The van der Waals surface area contributed by atoms with Crippen LogP contribution in [0.5, 0.6) is 5.75 Å². The van der Waals surface area contributed by atoms with Crippen LogP contribution in [0.2, 0.25) is 0 Å². The minimum Gasteiger partial charge on any atom is -0.497 e. The molecule has 4 atom stereocenters. The summed E-state index contributed by atoms with van der Waals surface area (Å²) in [5.41, 5.74) is 1.38. The quantitative estimate of drug-likeness (QED) is 0.780. The summed E-state index contributed by atoms with van der Waals surface area (Å²) in [6, 6.07) is 8.33. The van der Waals surface area contributed by atoms with E-state index in [0.29, 0.717) is 17.8 Å². The van der Waals surface area contributed by atoms with Crippen LogP contribution < -0.4 is 4.74 Å². The van der Waals surface area contributed by atoms with E-state index in [4.69, 9.17) is 14.2 Å². The van der Waals surface area contributed by atoms with Crippen molar-refractivity contribution in [1.82, 2.24) is 0 Å². The molecule has 1 heterocycles. The Morgan fingerprint density at radius 2 is 1.94 bits per heavy atom. The number of rotatable bonds is 3. The number of hydrogen-bond acceptors (Lipinski definition) is 3. The highest BCUT2D eigenvalue weighted by Gasteiger charge is 2.60. The van der Waals surface area contributed by atoms with Gasteiger partial charge in [0.1, 0.15) is 5.75 Å². The van der Waals surface area contributed by atoms with Crippen molar-refractivity contribution in [3.63, 3.8) is 0 Å². The maximum absolute atomic E-state index is 5.51. The average molecular weight is 220 g/mol. The second-order valence-electron chi connectivity index (χ2n) is 4.48. The molecule has 0 bridgehead atoms. The predicted molar refractivity (Wildman–Crippen MR) is 59.5 cm³/mol. The van der Waals surface area contributed by atoms with E-state index in [0.717, 1.165) is 12.4 Å². The summed E-state index contributed by atoms with van der Waals surface area (Å²) in [5, 5.41) is 0. The molecule has 0 spiro atoms. The summed E-state index contributed by atoms with van der Waals surface area (Å²) in [7, 11) is 3.41. The van der Waals surface area contributed by atoms with Crippen LogP contribution in [-0.4, -0.2) is 27.1 Å². The number of benzene rings is 1. The Hall–Kier alpha value is -1.06. The van der Waals surface area contributed by atoms with Gasteiger partial charge in [-0.1, -0.05) is 12.1 Å². The first-order chi connectivity index (χ1) is 7.85. The van der Waals surface area contributed by atoms with Gasteiger partial charge in [0.15, 0.2) is 6.29 Å². The highest BCUT2D eigenvalue weighted by atomic mass is 16.7. The zero-order valence-electron chi connectivity index (χ0n) is 9.55. The van der Waals surface area contributed by atoms with Gasteiger partial charge < -0.3 is 14.2 Å². The van der Waals surface area contributed by atoms with Crippen LogP contribution in [0, 0.1) is 11.8 Å². The summed E-state index contributed by atoms with van der Waals surface area (Å²) in [6.45, 7) is 0.833. The molecule has 86 valence electrons. The topological polar surface area (TPSA) is 27.7 Å². The molecular formula is C13H16O3. The molecule has 2 fully saturated rings. The van der Waals surface area contributed by atoms with Crippen molar-refractivity contribution in [2.45, 2.75) is 12.2 Å². The van der Waals surface area contributed by atoms with E-state index >= 15 is 0 Å². The van der Waals surface area contributed by atoms with E-state index in [9.17, 15) is 0 Å².